The van der Waals surface area contributed by atoms with Gasteiger partial charge in [-0.25, -0.2) is 0 Å². The number of anilines is 2. The molecule has 0 bridgehead atoms. The first-order valence-corrected chi connectivity index (χ1v) is 11.1. The van der Waals surface area contributed by atoms with Gasteiger partial charge in [-0.15, -0.1) is 23.1 Å². The van der Waals surface area contributed by atoms with E-state index in [-0.39, 0.29) is 17.2 Å². The molecule has 4 nitrogen and oxygen atoms in total. The zero-order valence-corrected chi connectivity index (χ0v) is 17.1. The van der Waals surface area contributed by atoms with Gasteiger partial charge in [-0.05, 0) is 53.3 Å². The van der Waals surface area contributed by atoms with Crippen LogP contribution in [-0.2, 0) is 11.2 Å². The van der Waals surface area contributed by atoms with E-state index in [4.69, 9.17) is 0 Å². The number of nitrogens with zero attached hydrogens (tertiary/aromatic N) is 1. The van der Waals surface area contributed by atoms with Crippen molar-refractivity contribution in [3.05, 3.63) is 82.0 Å². The number of thioether (sulfide) groups is 1. The highest BCUT2D eigenvalue weighted by Gasteiger charge is 2.34. The largest absolute Gasteiger partial charge is 0.321 e. The summed E-state index contributed by atoms with van der Waals surface area (Å²) in [6.07, 6.45) is 0.928. The van der Waals surface area contributed by atoms with Crippen molar-refractivity contribution in [1.82, 2.24) is 0 Å². The van der Waals surface area contributed by atoms with Gasteiger partial charge in [-0.2, -0.15) is 0 Å². The molecule has 1 N–H and O–H groups in total. The number of aryl methyl sites for hydroxylation is 1. The Kier molecular flexibility index (Phi) is 5.50. The van der Waals surface area contributed by atoms with E-state index in [2.05, 4.69) is 24.4 Å². The smallest absolute Gasteiger partial charge is 0.265 e. The Morgan fingerprint density at radius 1 is 1.14 bits per heavy atom. The number of hydrogen-bond donors (Lipinski definition) is 1. The van der Waals surface area contributed by atoms with Crippen molar-refractivity contribution < 1.29 is 9.59 Å². The Hall–Kier alpha value is -2.57. The van der Waals surface area contributed by atoms with Gasteiger partial charge in [0.05, 0.1) is 10.6 Å². The summed E-state index contributed by atoms with van der Waals surface area (Å²) in [6.45, 7) is 2.11. The van der Waals surface area contributed by atoms with Gasteiger partial charge in [0.15, 0.2) is 0 Å². The van der Waals surface area contributed by atoms with Crippen molar-refractivity contribution in [3.63, 3.8) is 0 Å². The van der Waals surface area contributed by atoms with Gasteiger partial charge < -0.3 is 5.32 Å². The van der Waals surface area contributed by atoms with Crippen LogP contribution in [0.15, 0.2) is 66.0 Å². The highest BCUT2D eigenvalue weighted by atomic mass is 32.2. The third-order valence-corrected chi connectivity index (χ3v) is 6.72. The fraction of sp³-hybridized carbons (Fsp3) is 0.182. The number of carbonyl (C=O) groups excluding carboxylic acids is 2. The molecule has 1 aromatic heterocycles. The van der Waals surface area contributed by atoms with Gasteiger partial charge in [0, 0.05) is 11.4 Å². The quantitative estimate of drug-likeness (QED) is 0.620. The number of thiophene rings is 1. The van der Waals surface area contributed by atoms with Crippen LogP contribution in [0.1, 0.15) is 33.1 Å². The first-order chi connectivity index (χ1) is 13.7. The summed E-state index contributed by atoms with van der Waals surface area (Å²) in [6, 6.07) is 19.6. The maximum Gasteiger partial charge on any atom is 0.265 e. The predicted octanol–water partition coefficient (Wildman–Crippen LogP) is 5.34. The first kappa shape index (κ1) is 18.8. The second kappa shape index (κ2) is 8.20. The minimum Gasteiger partial charge on any atom is -0.321 e. The Morgan fingerprint density at radius 3 is 2.79 bits per heavy atom. The highest BCUT2D eigenvalue weighted by molar-refractivity contribution is 8.00. The number of nitrogens with one attached hydrogen (secondary N) is 1. The third kappa shape index (κ3) is 3.84. The normalized spacial score (nSPS) is 16.4. The lowest BCUT2D eigenvalue weighted by atomic mass is 10.1. The summed E-state index contributed by atoms with van der Waals surface area (Å²) in [4.78, 5) is 27.5. The van der Waals surface area contributed by atoms with Gasteiger partial charge in [0.25, 0.3) is 5.91 Å². The Bertz CT molecular complexity index is 1000. The summed E-state index contributed by atoms with van der Waals surface area (Å²) in [7, 11) is 0. The lowest BCUT2D eigenvalue weighted by Crippen LogP contribution is -2.28. The number of benzene rings is 2. The molecule has 2 aromatic carbocycles. The monoisotopic (exact) mass is 408 g/mol. The summed E-state index contributed by atoms with van der Waals surface area (Å²) >= 11 is 3.02. The molecule has 6 heteroatoms. The molecule has 2 heterocycles. The van der Waals surface area contributed by atoms with Gasteiger partial charge in [-0.1, -0.05) is 37.3 Å². The predicted molar refractivity (Wildman–Crippen MR) is 117 cm³/mol. The van der Waals surface area contributed by atoms with Crippen molar-refractivity contribution in [2.45, 2.75) is 18.7 Å². The average Bonchev–Trinajstić information content (AvgIpc) is 3.38. The molecule has 0 aliphatic carbocycles. The molecular weight excluding hydrogens is 388 g/mol. The summed E-state index contributed by atoms with van der Waals surface area (Å²) in [5.74, 6) is 0.443. The van der Waals surface area contributed by atoms with Crippen LogP contribution in [0.25, 0.3) is 0 Å². The van der Waals surface area contributed by atoms with E-state index >= 15 is 0 Å². The van der Waals surface area contributed by atoms with Gasteiger partial charge >= 0.3 is 0 Å². The van der Waals surface area contributed by atoms with Crippen LogP contribution in [0.5, 0.6) is 0 Å². The van der Waals surface area contributed by atoms with Gasteiger partial charge in [-0.3, -0.25) is 14.5 Å². The molecule has 1 fully saturated rings. The van der Waals surface area contributed by atoms with E-state index in [1.54, 1.807) is 17.8 Å². The van der Waals surface area contributed by atoms with E-state index in [9.17, 15) is 9.59 Å². The molecule has 1 atom stereocenters. The molecule has 1 aliphatic heterocycles. The second-order valence-corrected chi connectivity index (χ2v) is 8.52. The first-order valence-electron chi connectivity index (χ1n) is 9.13. The van der Waals surface area contributed by atoms with E-state index in [1.165, 1.54) is 16.9 Å². The topological polar surface area (TPSA) is 49.4 Å². The number of rotatable bonds is 5. The molecule has 1 aliphatic rings. The Labute approximate surface area is 172 Å². The molecule has 142 valence electrons. The lowest BCUT2D eigenvalue weighted by Gasteiger charge is -2.25. The minimum absolute atomic E-state index is 0.0989. The van der Waals surface area contributed by atoms with Crippen LogP contribution in [0, 0.1) is 0 Å². The van der Waals surface area contributed by atoms with E-state index in [0.29, 0.717) is 10.6 Å². The number of amides is 2. The second-order valence-electron chi connectivity index (χ2n) is 6.51. The number of carbonyl (C=O) groups is 2. The molecule has 2 amide bonds. The van der Waals surface area contributed by atoms with Gasteiger partial charge in [0.2, 0.25) is 5.91 Å². The summed E-state index contributed by atoms with van der Waals surface area (Å²) in [5, 5.41) is 4.74. The SMILES string of the molecule is CCc1cccc(N2C(=O)CSC2c2cccc(NC(=O)c3cccs3)c2)c1. The molecule has 0 saturated carbocycles. The zero-order valence-electron chi connectivity index (χ0n) is 15.4. The Morgan fingerprint density at radius 2 is 2.00 bits per heavy atom. The highest BCUT2D eigenvalue weighted by Crippen LogP contribution is 2.42. The maximum absolute atomic E-state index is 12.6. The van der Waals surface area contributed by atoms with E-state index in [1.807, 2.05) is 52.7 Å². The summed E-state index contributed by atoms with van der Waals surface area (Å²) < 4.78 is 0. The minimum atomic E-state index is -0.116. The van der Waals surface area contributed by atoms with Crippen LogP contribution in [-0.4, -0.2) is 17.6 Å². The van der Waals surface area contributed by atoms with Crippen molar-refractivity contribution in [3.8, 4) is 0 Å². The van der Waals surface area contributed by atoms with Crippen LogP contribution in [0.2, 0.25) is 0 Å². The summed E-state index contributed by atoms with van der Waals surface area (Å²) in [5.41, 5.74) is 3.87. The molecule has 0 spiro atoms. The van der Waals surface area contributed by atoms with Crippen LogP contribution >= 0.6 is 23.1 Å². The fourth-order valence-corrected chi connectivity index (χ4v) is 5.03. The third-order valence-electron chi connectivity index (χ3n) is 4.64. The molecule has 28 heavy (non-hydrogen) atoms. The lowest BCUT2D eigenvalue weighted by molar-refractivity contribution is -0.115. The zero-order chi connectivity index (χ0) is 19.5. The number of hydrogen-bond acceptors (Lipinski definition) is 4. The van der Waals surface area contributed by atoms with Crippen molar-refractivity contribution in [2.24, 2.45) is 0 Å². The molecule has 4 rings (SSSR count). The molecule has 1 unspecified atom stereocenters. The van der Waals surface area contributed by atoms with Crippen molar-refractivity contribution in [1.29, 1.82) is 0 Å². The standard InChI is InChI=1S/C22H20N2O2S2/c1-2-15-6-3-9-18(12-15)24-20(25)14-28-22(24)16-7-4-8-17(13-16)23-21(26)19-10-5-11-27-19/h3-13,22H,2,14H2,1H3,(H,23,26). The Balaban J connectivity index is 1.60. The van der Waals surface area contributed by atoms with E-state index < -0.39 is 0 Å². The molecule has 1 saturated heterocycles. The maximum atomic E-state index is 12.6. The van der Waals surface area contributed by atoms with Crippen LogP contribution in [0.4, 0.5) is 11.4 Å². The van der Waals surface area contributed by atoms with Crippen molar-refractivity contribution in [2.75, 3.05) is 16.0 Å². The van der Waals surface area contributed by atoms with Crippen LogP contribution < -0.4 is 10.2 Å². The van der Waals surface area contributed by atoms with Gasteiger partial charge in [0.1, 0.15) is 5.37 Å². The molecule has 3 aromatic rings. The molecule has 0 radical (unpaired) electrons. The fourth-order valence-electron chi connectivity index (χ4n) is 3.25. The molecular formula is C22H20N2O2S2. The average molecular weight is 409 g/mol. The van der Waals surface area contributed by atoms with Crippen molar-refractivity contribution >= 4 is 46.3 Å². The van der Waals surface area contributed by atoms with Crippen LogP contribution in [0.3, 0.4) is 0 Å². The van der Waals surface area contributed by atoms with E-state index in [0.717, 1.165) is 23.4 Å².